The van der Waals surface area contributed by atoms with Gasteiger partial charge in [0.05, 0.1) is 4.90 Å². The predicted molar refractivity (Wildman–Crippen MR) is 151 cm³/mol. The normalized spacial score (nSPS) is 11.7. The first-order valence-electron chi connectivity index (χ1n) is 12.5. The molecule has 0 fully saturated rings. The molecular weight excluding hydrogens is 574 g/mol. The Bertz CT molecular complexity index is 1690. The SMILES string of the molecule is Cc1cc(=O)[nH]c(NC(=O)NCCCCC(NC(=O)Nc2nc(C)cc(=O)[nH]2)C(=O)Nc2cccc(S(=O)(=O)O)c2)n1. The summed E-state index contributed by atoms with van der Waals surface area (Å²) in [7, 11) is -4.52. The van der Waals surface area contributed by atoms with Gasteiger partial charge in [0.15, 0.2) is 0 Å². The molecular formula is C24H29N9O8S. The lowest BCUT2D eigenvalue weighted by Gasteiger charge is -2.19. The maximum atomic E-state index is 13.0. The molecule has 17 nitrogen and oxygen atoms in total. The number of hydrogen-bond acceptors (Lipinski definition) is 9. The smallest absolute Gasteiger partial charge is 0.322 e. The lowest BCUT2D eigenvalue weighted by molar-refractivity contribution is -0.118. The number of hydrogen-bond donors (Lipinski definition) is 8. The van der Waals surface area contributed by atoms with E-state index in [4.69, 9.17) is 0 Å². The topological polar surface area (TPSA) is 257 Å². The number of aromatic amines is 2. The van der Waals surface area contributed by atoms with Gasteiger partial charge in [0, 0.05) is 35.8 Å². The van der Waals surface area contributed by atoms with Crippen LogP contribution in [0, 0.1) is 13.8 Å². The number of nitrogens with one attached hydrogen (secondary N) is 7. The maximum Gasteiger partial charge on any atom is 0.322 e. The first kappa shape index (κ1) is 31.4. The van der Waals surface area contributed by atoms with Crippen LogP contribution in [0.5, 0.6) is 0 Å². The quantitative estimate of drug-likeness (QED) is 0.113. The van der Waals surface area contributed by atoms with E-state index in [0.29, 0.717) is 24.2 Å². The van der Waals surface area contributed by atoms with Gasteiger partial charge < -0.3 is 16.0 Å². The zero-order chi connectivity index (χ0) is 30.9. The van der Waals surface area contributed by atoms with Gasteiger partial charge in [-0.2, -0.15) is 8.42 Å². The highest BCUT2D eigenvalue weighted by atomic mass is 32.2. The minimum absolute atomic E-state index is 0.0213. The summed E-state index contributed by atoms with van der Waals surface area (Å²) in [6.07, 6.45) is 0.803. The van der Waals surface area contributed by atoms with Crippen LogP contribution in [0.3, 0.4) is 0 Å². The van der Waals surface area contributed by atoms with Gasteiger partial charge in [0.1, 0.15) is 6.04 Å². The van der Waals surface area contributed by atoms with E-state index in [1.165, 1.54) is 24.3 Å². The van der Waals surface area contributed by atoms with E-state index in [1.807, 2.05) is 0 Å². The second-order valence-electron chi connectivity index (χ2n) is 8.99. The van der Waals surface area contributed by atoms with Crippen molar-refractivity contribution in [2.24, 2.45) is 0 Å². The molecule has 2 aromatic heterocycles. The van der Waals surface area contributed by atoms with Gasteiger partial charge >= 0.3 is 12.1 Å². The van der Waals surface area contributed by atoms with Crippen molar-refractivity contribution < 1.29 is 27.4 Å². The highest BCUT2D eigenvalue weighted by Gasteiger charge is 2.22. The lowest BCUT2D eigenvalue weighted by atomic mass is 10.1. The molecule has 0 bridgehead atoms. The third-order valence-electron chi connectivity index (χ3n) is 5.43. The molecule has 1 aromatic carbocycles. The zero-order valence-corrected chi connectivity index (χ0v) is 23.3. The van der Waals surface area contributed by atoms with Crippen molar-refractivity contribution in [3.8, 4) is 0 Å². The number of urea groups is 2. The van der Waals surface area contributed by atoms with Gasteiger partial charge in [-0.05, 0) is 51.3 Å². The van der Waals surface area contributed by atoms with Crippen molar-refractivity contribution in [1.82, 2.24) is 30.6 Å². The van der Waals surface area contributed by atoms with Gasteiger partial charge in [-0.15, -0.1) is 0 Å². The fraction of sp³-hybridized carbons (Fsp3) is 0.292. The molecule has 224 valence electrons. The Balaban J connectivity index is 1.61. The number of benzene rings is 1. The van der Waals surface area contributed by atoms with Crippen LogP contribution in [-0.2, 0) is 14.9 Å². The molecule has 1 atom stereocenters. The Hall–Kier alpha value is -5.10. The number of H-pyrrole nitrogens is 2. The minimum Gasteiger partial charge on any atom is -0.338 e. The first-order valence-corrected chi connectivity index (χ1v) is 13.9. The van der Waals surface area contributed by atoms with Crippen LogP contribution in [0.1, 0.15) is 30.7 Å². The number of aryl methyl sites for hydroxylation is 2. The van der Waals surface area contributed by atoms with Gasteiger partial charge in [-0.1, -0.05) is 6.07 Å². The Morgan fingerprint density at radius 2 is 1.48 bits per heavy atom. The highest BCUT2D eigenvalue weighted by molar-refractivity contribution is 7.85. The summed E-state index contributed by atoms with van der Waals surface area (Å²) >= 11 is 0. The summed E-state index contributed by atoms with van der Waals surface area (Å²) in [5.41, 5.74) is -0.0970. The lowest BCUT2D eigenvalue weighted by Crippen LogP contribution is -2.46. The summed E-state index contributed by atoms with van der Waals surface area (Å²) in [4.78, 5) is 73.2. The summed E-state index contributed by atoms with van der Waals surface area (Å²) in [6.45, 7) is 3.33. The average Bonchev–Trinajstić information content (AvgIpc) is 2.86. The molecule has 0 radical (unpaired) electrons. The minimum atomic E-state index is -4.52. The van der Waals surface area contributed by atoms with Crippen LogP contribution in [-0.4, -0.2) is 63.5 Å². The van der Waals surface area contributed by atoms with E-state index in [1.54, 1.807) is 13.8 Å². The van der Waals surface area contributed by atoms with Crippen LogP contribution in [0.15, 0.2) is 50.9 Å². The van der Waals surface area contributed by atoms with E-state index in [9.17, 15) is 36.9 Å². The zero-order valence-electron chi connectivity index (χ0n) is 22.5. The van der Waals surface area contributed by atoms with Crippen LogP contribution < -0.4 is 37.7 Å². The fourth-order valence-corrected chi connectivity index (χ4v) is 4.16. The van der Waals surface area contributed by atoms with Crippen molar-refractivity contribution in [2.45, 2.75) is 44.0 Å². The van der Waals surface area contributed by atoms with E-state index in [-0.39, 0.29) is 30.5 Å². The number of unbranched alkanes of at least 4 members (excludes halogenated alkanes) is 1. The second-order valence-corrected chi connectivity index (χ2v) is 10.4. The molecule has 18 heteroatoms. The average molecular weight is 604 g/mol. The van der Waals surface area contributed by atoms with Gasteiger partial charge in [0.25, 0.3) is 21.2 Å². The molecule has 0 aliphatic heterocycles. The van der Waals surface area contributed by atoms with Crippen LogP contribution in [0.25, 0.3) is 0 Å². The first-order chi connectivity index (χ1) is 19.8. The Labute approximate surface area is 238 Å². The second kappa shape index (κ2) is 14.0. The van der Waals surface area contributed by atoms with E-state index < -0.39 is 50.1 Å². The number of anilines is 3. The van der Waals surface area contributed by atoms with Gasteiger partial charge in [-0.25, -0.2) is 19.6 Å². The molecule has 3 rings (SSSR count). The predicted octanol–water partition coefficient (Wildman–Crippen LogP) is 0.838. The van der Waals surface area contributed by atoms with Crippen LogP contribution in [0.4, 0.5) is 27.2 Å². The Kier molecular flexibility index (Phi) is 10.5. The summed E-state index contributed by atoms with van der Waals surface area (Å²) < 4.78 is 32.2. The van der Waals surface area contributed by atoms with Crippen molar-refractivity contribution in [2.75, 3.05) is 22.5 Å². The molecule has 0 aliphatic rings. The summed E-state index contributed by atoms with van der Waals surface area (Å²) in [6, 6.07) is 4.77. The van der Waals surface area contributed by atoms with Crippen molar-refractivity contribution in [3.05, 3.63) is 68.5 Å². The van der Waals surface area contributed by atoms with E-state index in [2.05, 4.69) is 46.5 Å². The van der Waals surface area contributed by atoms with E-state index in [0.717, 1.165) is 12.1 Å². The highest BCUT2D eigenvalue weighted by Crippen LogP contribution is 2.16. The molecule has 2 heterocycles. The Morgan fingerprint density at radius 3 is 2.05 bits per heavy atom. The maximum absolute atomic E-state index is 13.0. The number of carbonyl (C=O) groups excluding carboxylic acids is 3. The molecule has 1 unspecified atom stereocenters. The Morgan fingerprint density at radius 1 is 0.881 bits per heavy atom. The number of nitrogens with zero attached hydrogens (tertiary/aromatic N) is 2. The molecule has 3 aromatic rings. The molecule has 5 amide bonds. The summed E-state index contributed by atoms with van der Waals surface area (Å²) in [5, 5.41) is 12.3. The molecule has 0 saturated carbocycles. The third kappa shape index (κ3) is 10.1. The molecule has 0 saturated heterocycles. The number of carbonyl (C=O) groups is 3. The number of amides is 5. The van der Waals surface area contributed by atoms with Gasteiger partial charge in [0.2, 0.25) is 17.8 Å². The number of rotatable bonds is 11. The molecule has 0 aliphatic carbocycles. The van der Waals surface area contributed by atoms with E-state index >= 15 is 0 Å². The monoisotopic (exact) mass is 603 g/mol. The third-order valence-corrected chi connectivity index (χ3v) is 6.28. The van der Waals surface area contributed by atoms with Crippen molar-refractivity contribution in [1.29, 1.82) is 0 Å². The van der Waals surface area contributed by atoms with Crippen molar-refractivity contribution >= 4 is 45.7 Å². The number of aromatic nitrogens is 4. The van der Waals surface area contributed by atoms with Crippen molar-refractivity contribution in [3.63, 3.8) is 0 Å². The van der Waals surface area contributed by atoms with Gasteiger partial charge in [-0.3, -0.25) is 39.5 Å². The van der Waals surface area contributed by atoms with Crippen LogP contribution >= 0.6 is 0 Å². The molecule has 0 spiro atoms. The molecule has 42 heavy (non-hydrogen) atoms. The molecule has 8 N–H and O–H groups in total. The fourth-order valence-electron chi connectivity index (χ4n) is 3.64. The standard InChI is InChI=1S/C24H29N9O8S/c1-13-10-18(34)30-21(26-13)32-23(37)25-9-4-3-8-17(29-24(38)33-22-27-14(2)11-19(35)31-22)20(36)28-15-6-5-7-16(12-15)42(39,40)41/h5-7,10-12,17H,3-4,8-9H2,1-2H3,(H,28,36)(H,39,40,41)(H3,25,26,30,32,34,37)(H3,27,29,31,33,35,38). The summed E-state index contributed by atoms with van der Waals surface area (Å²) in [5.74, 6) is -0.868. The largest absolute Gasteiger partial charge is 0.338 e. The van der Waals surface area contributed by atoms with Crippen LogP contribution in [0.2, 0.25) is 0 Å².